The molecule has 0 aromatic carbocycles. The minimum atomic E-state index is -2.05. The first-order valence-corrected chi connectivity index (χ1v) is 5.08. The molecule has 1 atom stereocenters. The van der Waals surface area contributed by atoms with Crippen LogP contribution in [0.15, 0.2) is 0 Å². The Bertz CT molecular complexity index is 136. The highest BCUT2D eigenvalue weighted by Gasteiger charge is 2.37. The molecule has 0 aliphatic rings. The predicted octanol–water partition coefficient (Wildman–Crippen LogP) is 1.63. The molecule has 1 unspecified atom stereocenters. The fraction of sp³-hybridized carbons (Fsp3) is 1.00. The van der Waals surface area contributed by atoms with Gasteiger partial charge in [-0.2, -0.15) is 4.89 Å². The Morgan fingerprint density at radius 1 is 1.45 bits per heavy atom. The second kappa shape index (κ2) is 4.81. The molecule has 0 radical (unpaired) electrons. The van der Waals surface area contributed by atoms with Crippen molar-refractivity contribution in [3.63, 3.8) is 0 Å². The Morgan fingerprint density at radius 2 is 2.00 bits per heavy atom. The lowest BCUT2D eigenvalue weighted by Gasteiger charge is -2.08. The molecule has 0 amide bonds. The summed E-state index contributed by atoms with van der Waals surface area (Å²) >= 11 is 0. The van der Waals surface area contributed by atoms with Gasteiger partial charge in [-0.15, -0.1) is 0 Å². The third-order valence-electron chi connectivity index (χ3n) is 1.76. The van der Waals surface area contributed by atoms with Crippen LogP contribution in [0.5, 0.6) is 0 Å². The van der Waals surface area contributed by atoms with Crippen LogP contribution in [-0.2, 0) is 4.57 Å². The minimum Gasteiger partial charge on any atom is -0.330 e. The Labute approximate surface area is 68.9 Å². The van der Waals surface area contributed by atoms with E-state index in [1.54, 1.807) is 0 Å². The molecule has 0 aromatic heterocycles. The van der Waals surface area contributed by atoms with Gasteiger partial charge in [-0.1, -0.05) is 0 Å². The molecule has 0 saturated carbocycles. The molecule has 0 rings (SSSR count). The van der Waals surface area contributed by atoms with Crippen molar-refractivity contribution >= 4 is 8.03 Å². The Kier molecular flexibility index (Phi) is 4.82. The Balaban J connectivity index is 3.64. The van der Waals surface area contributed by atoms with E-state index in [0.717, 1.165) is 19.3 Å². The summed E-state index contributed by atoms with van der Waals surface area (Å²) in [4.78, 5) is 8.86. The summed E-state index contributed by atoms with van der Waals surface area (Å²) in [7, 11) is -2.05. The first-order valence-electron chi connectivity index (χ1n) is 3.87. The van der Waals surface area contributed by atoms with Crippen LogP contribution >= 0.6 is 8.03 Å². The smallest absolute Gasteiger partial charge is 0.330 e. The van der Waals surface area contributed by atoms with Gasteiger partial charge in [0, 0.05) is 0 Å². The number of unbranched alkanes of at least 4 members (excludes halogenated alkanes) is 1. The van der Waals surface area contributed by atoms with Crippen LogP contribution in [0.3, 0.4) is 0 Å². The van der Waals surface area contributed by atoms with Crippen LogP contribution in [0.1, 0.15) is 33.1 Å². The van der Waals surface area contributed by atoms with E-state index in [4.69, 9.17) is 10.6 Å². The van der Waals surface area contributed by atoms with Crippen molar-refractivity contribution in [3.8, 4) is 0 Å². The quantitative estimate of drug-likeness (QED) is 0.496. The molecule has 0 bridgehead atoms. The van der Waals surface area contributed by atoms with E-state index in [9.17, 15) is 4.57 Å². The van der Waals surface area contributed by atoms with Crippen molar-refractivity contribution in [2.75, 3.05) is 6.54 Å². The lowest BCUT2D eigenvalue weighted by atomic mass is 10.1. The molecule has 3 N–H and O–H groups in total. The molecule has 0 saturated heterocycles. The Hall–Kier alpha value is 0.0200. The third kappa shape index (κ3) is 4.46. The van der Waals surface area contributed by atoms with Crippen LogP contribution in [0.2, 0.25) is 0 Å². The van der Waals surface area contributed by atoms with Gasteiger partial charge in [0.1, 0.15) is 0 Å². The van der Waals surface area contributed by atoms with Gasteiger partial charge in [-0.3, -0.25) is 0 Å². The number of nitrogens with two attached hydrogens (primary N) is 1. The Morgan fingerprint density at radius 3 is 2.36 bits per heavy atom. The fourth-order valence-corrected chi connectivity index (χ4v) is 1.15. The molecule has 0 spiro atoms. The molecule has 11 heavy (non-hydrogen) atoms. The van der Waals surface area contributed by atoms with Crippen molar-refractivity contribution in [1.82, 2.24) is 0 Å². The van der Waals surface area contributed by atoms with Gasteiger partial charge in [0.05, 0.1) is 0 Å². The van der Waals surface area contributed by atoms with E-state index >= 15 is 0 Å². The second-order valence-corrected chi connectivity index (χ2v) is 5.09. The molecule has 66 valence electrons. The maximum Gasteiger partial charge on any atom is 0.511 e. The van der Waals surface area contributed by atoms with Crippen LogP contribution in [0.25, 0.3) is 0 Å². The summed E-state index contributed by atoms with van der Waals surface area (Å²) in [6, 6.07) is 0. The average Bonchev–Trinajstić information content (AvgIpc) is 1.88. The van der Waals surface area contributed by atoms with Gasteiger partial charge in [0.2, 0.25) is 0 Å². The highest BCUT2D eigenvalue weighted by molar-refractivity contribution is 7.39. The van der Waals surface area contributed by atoms with Gasteiger partial charge < -0.3 is 5.73 Å². The maximum absolute atomic E-state index is 10.7. The predicted molar refractivity (Wildman–Crippen MR) is 46.8 cm³/mol. The highest BCUT2D eigenvalue weighted by Crippen LogP contribution is 2.38. The van der Waals surface area contributed by atoms with Crippen LogP contribution in [0, 0.1) is 0 Å². The fourth-order valence-electron chi connectivity index (χ4n) is 0.798. The lowest BCUT2D eigenvalue weighted by Crippen LogP contribution is -2.14. The normalized spacial score (nSPS) is 13.3. The summed E-state index contributed by atoms with van der Waals surface area (Å²) in [5.74, 6) is 0. The van der Waals surface area contributed by atoms with Gasteiger partial charge in [0.25, 0.3) is 0 Å². The first-order chi connectivity index (χ1) is 5.00. The largest absolute Gasteiger partial charge is 0.511 e. The maximum atomic E-state index is 10.7. The summed E-state index contributed by atoms with van der Waals surface area (Å²) in [5, 5.41) is -0.440. The van der Waals surface area contributed by atoms with E-state index < -0.39 is 13.2 Å². The molecule has 0 aliphatic heterocycles. The van der Waals surface area contributed by atoms with Crippen molar-refractivity contribution in [3.05, 3.63) is 0 Å². The van der Waals surface area contributed by atoms with Crippen LogP contribution in [0.4, 0.5) is 0 Å². The number of hydrogen-bond acceptors (Lipinski definition) is 2. The van der Waals surface area contributed by atoms with Crippen molar-refractivity contribution in [2.24, 2.45) is 5.73 Å². The van der Waals surface area contributed by atoms with Crippen molar-refractivity contribution in [1.29, 1.82) is 0 Å². The standard InChI is InChI=1S/C7H16NO2P/c1-7(2,11(9)10)5-3-4-6-8/h3-6,8H2,1-2H3/p+1. The van der Waals surface area contributed by atoms with E-state index in [1.807, 2.05) is 13.8 Å². The molecule has 0 aliphatic carbocycles. The minimum absolute atomic E-state index is 0.440. The molecule has 0 fully saturated rings. The topological polar surface area (TPSA) is 63.3 Å². The molecular weight excluding hydrogens is 161 g/mol. The van der Waals surface area contributed by atoms with Gasteiger partial charge >= 0.3 is 8.03 Å². The van der Waals surface area contributed by atoms with E-state index in [2.05, 4.69) is 0 Å². The molecule has 0 heterocycles. The van der Waals surface area contributed by atoms with Gasteiger partial charge in [0.15, 0.2) is 5.16 Å². The zero-order chi connectivity index (χ0) is 8.91. The molecule has 3 nitrogen and oxygen atoms in total. The molecule has 0 aromatic rings. The summed E-state index contributed by atoms with van der Waals surface area (Å²) in [5.41, 5.74) is 5.30. The third-order valence-corrected chi connectivity index (χ3v) is 3.02. The van der Waals surface area contributed by atoms with E-state index in [1.165, 1.54) is 0 Å². The molecule has 4 heteroatoms. The highest BCUT2D eigenvalue weighted by atomic mass is 31.1. The van der Waals surface area contributed by atoms with E-state index in [-0.39, 0.29) is 0 Å². The number of rotatable bonds is 5. The van der Waals surface area contributed by atoms with Crippen molar-refractivity contribution < 1.29 is 9.46 Å². The number of hydrogen-bond donors (Lipinski definition) is 2. The monoisotopic (exact) mass is 178 g/mol. The van der Waals surface area contributed by atoms with Crippen molar-refractivity contribution in [2.45, 2.75) is 38.3 Å². The van der Waals surface area contributed by atoms with Crippen LogP contribution < -0.4 is 5.73 Å². The zero-order valence-electron chi connectivity index (χ0n) is 7.21. The van der Waals surface area contributed by atoms with Gasteiger partial charge in [-0.25, -0.2) is 0 Å². The van der Waals surface area contributed by atoms with Crippen LogP contribution in [-0.4, -0.2) is 16.6 Å². The average molecular weight is 178 g/mol. The van der Waals surface area contributed by atoms with Gasteiger partial charge in [-0.05, 0) is 44.2 Å². The summed E-state index contributed by atoms with van der Waals surface area (Å²) in [6.07, 6.45) is 2.65. The lowest BCUT2D eigenvalue weighted by molar-refractivity contribution is 0.446. The second-order valence-electron chi connectivity index (χ2n) is 3.33. The van der Waals surface area contributed by atoms with E-state index in [0.29, 0.717) is 6.54 Å². The summed E-state index contributed by atoms with van der Waals surface area (Å²) in [6.45, 7) is 4.28. The first kappa shape index (κ1) is 11.0. The zero-order valence-corrected chi connectivity index (χ0v) is 8.10. The SMILES string of the molecule is CC(C)(CCCCN)[P+](=O)O. The summed E-state index contributed by atoms with van der Waals surface area (Å²) < 4.78 is 10.7. The molecular formula is C7H17NO2P+.